The average molecular weight is 454 g/mol. The quantitative estimate of drug-likeness (QED) is 0.230. The van der Waals surface area contributed by atoms with Crippen LogP contribution in [-0.2, 0) is 0 Å². The molecule has 4 rings (SSSR count). The Bertz CT molecular complexity index is 467. The molecule has 0 radical (unpaired) electrons. The van der Waals surface area contributed by atoms with Crippen LogP contribution in [0.4, 0.5) is 0 Å². The van der Waals surface area contributed by atoms with E-state index in [-0.39, 0.29) is 0 Å². The molecule has 3 saturated carbocycles. The third-order valence-electron chi connectivity index (χ3n) is 8.49. The Balaban J connectivity index is 1.26. The molecule has 4 aliphatic rings. The Morgan fingerprint density at radius 2 is 1.84 bits per heavy atom. The zero-order chi connectivity index (χ0) is 17.2. The van der Waals surface area contributed by atoms with Gasteiger partial charge in [-0.2, -0.15) is 0 Å². The largest absolute Gasteiger partial charge is 0.0845 e. The Labute approximate surface area is 170 Å². The van der Waals surface area contributed by atoms with E-state index in [1.54, 1.807) is 12.8 Å². The standard InChI is InChI=1S/C24H39I/c1-17-9-13-22(25)16-20(17)7-4-5-18-10-14-24-21(15-18)12-11-19-6-2-3-8-23(19)24/h14,17-23H,2-13,15-16H2,1H3/t17-,18?,19?,20?,21?,22?,23?/m1/s1. The van der Waals surface area contributed by atoms with Crippen LogP contribution >= 0.6 is 22.6 Å². The van der Waals surface area contributed by atoms with Crippen LogP contribution in [0.25, 0.3) is 0 Å². The van der Waals surface area contributed by atoms with E-state index in [1.807, 2.05) is 5.57 Å². The van der Waals surface area contributed by atoms with E-state index in [9.17, 15) is 0 Å². The smallest absolute Gasteiger partial charge is 0.0112 e. The Kier molecular flexibility index (Phi) is 6.51. The highest BCUT2D eigenvalue weighted by Gasteiger charge is 2.38. The van der Waals surface area contributed by atoms with Crippen molar-refractivity contribution in [2.45, 2.75) is 101 Å². The van der Waals surface area contributed by atoms with Crippen molar-refractivity contribution in [2.24, 2.45) is 35.5 Å². The average Bonchev–Trinajstić information content (AvgIpc) is 2.64. The molecular weight excluding hydrogens is 415 g/mol. The lowest BCUT2D eigenvalue weighted by molar-refractivity contribution is 0.166. The first kappa shape index (κ1) is 18.8. The summed E-state index contributed by atoms with van der Waals surface area (Å²) in [5.74, 6) is 6.11. The first-order chi connectivity index (χ1) is 12.2. The van der Waals surface area contributed by atoms with Gasteiger partial charge in [0, 0.05) is 3.92 Å². The first-order valence-electron chi connectivity index (χ1n) is 11.5. The lowest BCUT2D eigenvalue weighted by Crippen LogP contribution is -2.33. The van der Waals surface area contributed by atoms with Crippen molar-refractivity contribution in [3.8, 4) is 0 Å². The highest BCUT2D eigenvalue weighted by molar-refractivity contribution is 14.1. The lowest BCUT2D eigenvalue weighted by atomic mass is 9.61. The molecule has 6 unspecified atom stereocenters. The number of allylic oxidation sites excluding steroid dienone is 2. The molecule has 0 heterocycles. The molecule has 1 heteroatoms. The fourth-order valence-corrected chi connectivity index (χ4v) is 7.93. The van der Waals surface area contributed by atoms with Gasteiger partial charge in [0.25, 0.3) is 0 Å². The van der Waals surface area contributed by atoms with Crippen LogP contribution in [-0.4, -0.2) is 3.92 Å². The van der Waals surface area contributed by atoms with Crippen LogP contribution in [0.5, 0.6) is 0 Å². The molecule has 0 amide bonds. The van der Waals surface area contributed by atoms with Gasteiger partial charge in [0.2, 0.25) is 0 Å². The molecule has 0 aromatic rings. The second-order valence-corrected chi connectivity index (χ2v) is 11.8. The summed E-state index contributed by atoms with van der Waals surface area (Å²) in [6, 6.07) is 0. The molecule has 0 N–H and O–H groups in total. The summed E-state index contributed by atoms with van der Waals surface area (Å²) < 4.78 is 0.963. The van der Waals surface area contributed by atoms with Gasteiger partial charge in [0.15, 0.2) is 0 Å². The van der Waals surface area contributed by atoms with Gasteiger partial charge in [-0.3, -0.25) is 0 Å². The zero-order valence-electron chi connectivity index (χ0n) is 16.4. The van der Waals surface area contributed by atoms with Crippen LogP contribution in [0.15, 0.2) is 11.6 Å². The third-order valence-corrected chi connectivity index (χ3v) is 9.62. The normalized spacial score (nSPS) is 44.6. The monoisotopic (exact) mass is 454 g/mol. The highest BCUT2D eigenvalue weighted by atomic mass is 127. The lowest BCUT2D eigenvalue weighted by Gasteiger charge is -2.45. The second kappa shape index (κ2) is 8.65. The topological polar surface area (TPSA) is 0 Å². The van der Waals surface area contributed by atoms with E-state index < -0.39 is 0 Å². The zero-order valence-corrected chi connectivity index (χ0v) is 18.6. The molecular formula is C24H39I. The predicted molar refractivity (Wildman–Crippen MR) is 117 cm³/mol. The summed E-state index contributed by atoms with van der Waals surface area (Å²) in [7, 11) is 0. The van der Waals surface area contributed by atoms with Crippen LogP contribution in [0.3, 0.4) is 0 Å². The summed E-state index contributed by atoms with van der Waals surface area (Å²) in [6.45, 7) is 2.52. The predicted octanol–water partition coefficient (Wildman–Crippen LogP) is 7.95. The maximum atomic E-state index is 2.76. The van der Waals surface area contributed by atoms with Crippen molar-refractivity contribution in [2.75, 3.05) is 0 Å². The molecule has 142 valence electrons. The van der Waals surface area contributed by atoms with Gasteiger partial charge in [-0.05, 0) is 93.3 Å². The Morgan fingerprint density at radius 3 is 2.76 bits per heavy atom. The molecule has 0 aromatic heterocycles. The molecule has 0 bridgehead atoms. The minimum atomic E-state index is 0.963. The molecule has 3 fully saturated rings. The SMILES string of the molecule is C[C@@H]1CCC(I)CC1CCCC1CC=C2C(CCC3CCCCC23)C1. The number of halogens is 1. The van der Waals surface area contributed by atoms with E-state index >= 15 is 0 Å². The Hall–Kier alpha value is 0.470. The molecule has 4 aliphatic carbocycles. The van der Waals surface area contributed by atoms with Crippen molar-refractivity contribution < 1.29 is 0 Å². The molecule has 0 aliphatic heterocycles. The minimum Gasteiger partial charge on any atom is -0.0845 e. The fourth-order valence-electron chi connectivity index (χ4n) is 6.91. The number of hydrogen-bond acceptors (Lipinski definition) is 0. The van der Waals surface area contributed by atoms with E-state index in [0.29, 0.717) is 0 Å². The van der Waals surface area contributed by atoms with E-state index in [2.05, 4.69) is 35.6 Å². The van der Waals surface area contributed by atoms with Gasteiger partial charge in [-0.25, -0.2) is 0 Å². The number of rotatable bonds is 4. The van der Waals surface area contributed by atoms with Gasteiger partial charge < -0.3 is 0 Å². The molecule has 0 aromatic carbocycles. The summed E-state index contributed by atoms with van der Waals surface area (Å²) >= 11 is 2.70. The van der Waals surface area contributed by atoms with Crippen molar-refractivity contribution in [1.29, 1.82) is 0 Å². The maximum absolute atomic E-state index is 2.76. The van der Waals surface area contributed by atoms with Gasteiger partial charge >= 0.3 is 0 Å². The molecule has 0 spiro atoms. The van der Waals surface area contributed by atoms with Gasteiger partial charge in [-0.15, -0.1) is 0 Å². The summed E-state index contributed by atoms with van der Waals surface area (Å²) in [4.78, 5) is 0. The minimum absolute atomic E-state index is 0.963. The van der Waals surface area contributed by atoms with Gasteiger partial charge in [0.05, 0.1) is 0 Å². The van der Waals surface area contributed by atoms with Crippen LogP contribution in [0, 0.1) is 35.5 Å². The fraction of sp³-hybridized carbons (Fsp3) is 0.917. The number of alkyl halides is 1. The Morgan fingerprint density at radius 1 is 0.960 bits per heavy atom. The summed E-state index contributed by atoms with van der Waals surface area (Å²) in [5.41, 5.74) is 1.95. The van der Waals surface area contributed by atoms with Gasteiger partial charge in [-0.1, -0.05) is 73.3 Å². The molecule has 0 saturated heterocycles. The third kappa shape index (κ3) is 4.49. The highest BCUT2D eigenvalue weighted by Crippen LogP contribution is 2.50. The van der Waals surface area contributed by atoms with E-state index in [0.717, 1.165) is 39.4 Å². The van der Waals surface area contributed by atoms with Crippen molar-refractivity contribution in [3.05, 3.63) is 11.6 Å². The number of fused-ring (bicyclic) bond motifs is 3. The van der Waals surface area contributed by atoms with Crippen LogP contribution in [0.1, 0.15) is 96.8 Å². The molecule has 0 nitrogen and oxygen atoms in total. The maximum Gasteiger partial charge on any atom is 0.0112 e. The van der Waals surface area contributed by atoms with E-state index in [1.165, 1.54) is 77.0 Å². The molecule has 25 heavy (non-hydrogen) atoms. The summed E-state index contributed by atoms with van der Waals surface area (Å²) in [6.07, 6.45) is 23.9. The summed E-state index contributed by atoms with van der Waals surface area (Å²) in [5, 5.41) is 0. The molecule has 7 atom stereocenters. The first-order valence-corrected chi connectivity index (χ1v) is 12.8. The number of hydrogen-bond donors (Lipinski definition) is 0. The second-order valence-electron chi connectivity index (χ2n) is 10.0. The van der Waals surface area contributed by atoms with Crippen molar-refractivity contribution in [1.82, 2.24) is 0 Å². The van der Waals surface area contributed by atoms with Crippen molar-refractivity contribution in [3.63, 3.8) is 0 Å². The van der Waals surface area contributed by atoms with Crippen LogP contribution < -0.4 is 0 Å². The van der Waals surface area contributed by atoms with E-state index in [4.69, 9.17) is 0 Å². The van der Waals surface area contributed by atoms with Crippen LogP contribution in [0.2, 0.25) is 0 Å². The van der Waals surface area contributed by atoms with Crippen molar-refractivity contribution >= 4 is 22.6 Å². The van der Waals surface area contributed by atoms with Gasteiger partial charge in [0.1, 0.15) is 0 Å².